The number of fused-ring (bicyclic) bond motifs is 3. The van der Waals surface area contributed by atoms with E-state index < -0.39 is 64.5 Å². The first kappa shape index (κ1) is 58.9. The summed E-state index contributed by atoms with van der Waals surface area (Å²) in [6.45, 7) is 23.5. The minimum absolute atomic E-state index is 0.0465. The molecule has 0 amide bonds. The van der Waals surface area contributed by atoms with Crippen LogP contribution in [0.15, 0.2) is 55.0 Å². The number of aromatic amines is 3. The van der Waals surface area contributed by atoms with Gasteiger partial charge in [0, 0.05) is 51.6 Å². The SMILES string of the molecule is COC(=O)c1[nH]c2ncccc2c1CC#N.C[Si](C)(C)C#N.C[Si](C)(C)OS(=O)(=O)C(F)(F)F.N#CCc1c(C(=O)O)[nH]c2ncccc12.[C-]#[N+]C(O[Si](C)(C)C)c1c(C(=O)OC)[nH]c2ncccc12. The molecule has 6 aromatic rings. The highest BCUT2D eigenvalue weighted by atomic mass is 32.2. The number of carboxylic acid groups (broad SMARTS) is 1. The van der Waals surface area contributed by atoms with Crippen molar-refractivity contribution in [1.29, 1.82) is 15.8 Å². The van der Waals surface area contributed by atoms with Crippen LogP contribution < -0.4 is 0 Å². The number of aromatic carboxylic acids is 1. The predicted molar refractivity (Wildman–Crippen MR) is 259 cm³/mol. The lowest BCUT2D eigenvalue weighted by Crippen LogP contribution is -2.36. The van der Waals surface area contributed by atoms with Crippen molar-refractivity contribution in [3.8, 4) is 17.8 Å². The highest BCUT2D eigenvalue weighted by Crippen LogP contribution is 2.33. The van der Waals surface area contributed by atoms with Crippen LogP contribution in [0.1, 0.15) is 54.4 Å². The lowest BCUT2D eigenvalue weighted by Gasteiger charge is -2.18. The van der Waals surface area contributed by atoms with Gasteiger partial charge in [0.15, 0.2) is 16.4 Å². The number of H-pyrrole nitrogens is 3. The number of methoxy groups -OCH3 is 2. The van der Waals surface area contributed by atoms with Crippen LogP contribution in [0.3, 0.4) is 0 Å². The second-order valence-electron chi connectivity index (χ2n) is 17.2. The van der Waals surface area contributed by atoms with Crippen molar-refractivity contribution in [3.05, 3.63) is 100 Å². The zero-order valence-electron chi connectivity index (χ0n) is 40.0. The zero-order valence-corrected chi connectivity index (χ0v) is 43.8. The number of aromatic nitrogens is 6. The highest BCUT2D eigenvalue weighted by molar-refractivity contribution is 7.88. The second-order valence-corrected chi connectivity index (χ2v) is 32.6. The average Bonchev–Trinajstić information content (AvgIpc) is 3.97. The van der Waals surface area contributed by atoms with E-state index in [4.69, 9.17) is 36.6 Å². The maximum absolute atomic E-state index is 12.0. The highest BCUT2D eigenvalue weighted by Gasteiger charge is 2.49. The quantitative estimate of drug-likeness (QED) is 0.0430. The Morgan fingerprint density at radius 2 is 1.11 bits per heavy atom. The fourth-order valence-corrected chi connectivity index (χ4v) is 9.41. The molecule has 27 heteroatoms. The van der Waals surface area contributed by atoms with E-state index in [1.807, 2.05) is 63.6 Å². The van der Waals surface area contributed by atoms with Crippen LogP contribution in [0, 0.1) is 40.2 Å². The van der Waals surface area contributed by atoms with Crippen LogP contribution in [-0.2, 0) is 40.7 Å². The normalized spacial score (nSPS) is 11.7. The molecule has 0 fully saturated rings. The van der Waals surface area contributed by atoms with E-state index >= 15 is 0 Å². The molecule has 4 N–H and O–H groups in total. The van der Waals surface area contributed by atoms with E-state index in [-0.39, 0.29) is 24.2 Å². The number of rotatable bonds is 10. The molecule has 0 spiro atoms. The molecule has 6 heterocycles. The molecule has 0 aliphatic carbocycles. The number of pyridine rings is 3. The van der Waals surface area contributed by atoms with Gasteiger partial charge in [-0.2, -0.15) is 32.1 Å². The van der Waals surface area contributed by atoms with E-state index in [9.17, 15) is 36.0 Å². The lowest BCUT2D eigenvalue weighted by molar-refractivity contribution is -0.0503. The first-order valence-corrected chi connectivity index (χ1v) is 32.1. The van der Waals surface area contributed by atoms with E-state index in [0.29, 0.717) is 50.1 Å². The van der Waals surface area contributed by atoms with Gasteiger partial charge in [-0.1, -0.05) is 19.6 Å². The van der Waals surface area contributed by atoms with Gasteiger partial charge < -0.3 is 37.8 Å². The molecule has 0 aliphatic heterocycles. The molecule has 1 atom stereocenters. The minimum Gasteiger partial charge on any atom is -0.477 e. The van der Waals surface area contributed by atoms with Gasteiger partial charge >= 0.3 is 39.8 Å². The fraction of sp³-hybridized carbons (Fsp3) is 0.349. The van der Waals surface area contributed by atoms with E-state index in [2.05, 4.69) is 49.1 Å². The number of halogens is 3. The average molecular weight is 1040 g/mol. The van der Waals surface area contributed by atoms with Crippen molar-refractivity contribution in [1.82, 2.24) is 29.9 Å². The maximum atomic E-state index is 12.0. The van der Waals surface area contributed by atoms with Gasteiger partial charge in [-0.15, -0.1) is 0 Å². The Balaban J connectivity index is 0.000000313. The van der Waals surface area contributed by atoms with Crippen molar-refractivity contribution in [2.24, 2.45) is 0 Å². The van der Waals surface area contributed by atoms with Crippen LogP contribution in [0.4, 0.5) is 13.2 Å². The third-order valence-electron chi connectivity index (χ3n) is 8.28. The number of alkyl halides is 3. The standard InChI is InChI=1S/C14H17N3O3Si.C11H9N3O2.C10H7N3O2.C4H9F3O3SSi.C4H9NSi/c1-15-13(20-21(3,4)5)10-9-7-6-8-16-12(9)17-11(10)14(18)19-2;1-16-11(15)9-7(4-5-12)8-3-2-6-13-10(8)14-9;11-4-3-6-7-2-1-5-12-9(7)13-8(6)10(14)15;1-12(2,3)10-11(8,9)4(5,6)7;1-6(2,3)4-5/h6-8,13H,2-5H3,(H,16,17);2-3,6H,4H2,1H3,(H,13,14);1-2,5H,3H2,(H,12,13)(H,14,15);1-3H3;1-3H3. The van der Waals surface area contributed by atoms with Gasteiger partial charge in [-0.05, 0) is 75.7 Å². The molecule has 1 unspecified atom stereocenters. The number of nitrogens with zero attached hydrogens (tertiary/aromatic N) is 7. The van der Waals surface area contributed by atoms with Crippen LogP contribution in [0.2, 0.25) is 58.9 Å². The molecule has 70 heavy (non-hydrogen) atoms. The smallest absolute Gasteiger partial charge is 0.477 e. The molecule has 6 rings (SSSR count). The van der Waals surface area contributed by atoms with Crippen molar-refractivity contribution < 1.29 is 58.9 Å². The van der Waals surface area contributed by atoms with Crippen LogP contribution in [-0.4, -0.2) is 106 Å². The van der Waals surface area contributed by atoms with Gasteiger partial charge in [-0.25, -0.2) is 41.2 Å². The Kier molecular flexibility index (Phi) is 20.9. The van der Waals surface area contributed by atoms with Crippen LogP contribution in [0.5, 0.6) is 0 Å². The summed E-state index contributed by atoms with van der Waals surface area (Å²) in [4.78, 5) is 58.6. The molecule has 0 radical (unpaired) electrons. The third-order valence-corrected chi connectivity index (χ3v) is 13.3. The number of carboxylic acids is 1. The molecule has 20 nitrogen and oxygen atoms in total. The summed E-state index contributed by atoms with van der Waals surface area (Å²) >= 11 is 0. The topological polar surface area (TPSA) is 304 Å². The van der Waals surface area contributed by atoms with E-state index in [0.717, 1.165) is 5.39 Å². The van der Waals surface area contributed by atoms with Gasteiger partial charge in [0.05, 0.1) is 39.2 Å². The molecule has 0 aliphatic rings. The first-order valence-electron chi connectivity index (χ1n) is 20.4. The Morgan fingerprint density at radius 3 is 1.46 bits per heavy atom. The number of esters is 2. The largest absolute Gasteiger partial charge is 0.522 e. The number of nitriles is 3. The summed E-state index contributed by atoms with van der Waals surface area (Å²) in [7, 11) is -8.78. The van der Waals surface area contributed by atoms with Crippen LogP contribution >= 0.6 is 0 Å². The number of carbonyl (C=O) groups excluding carboxylic acids is 2. The number of carbonyl (C=O) groups is 3. The molecule has 0 saturated heterocycles. The summed E-state index contributed by atoms with van der Waals surface area (Å²) < 4.78 is 75.0. The monoisotopic (exact) mass is 1040 g/mol. The van der Waals surface area contributed by atoms with E-state index in [1.165, 1.54) is 33.9 Å². The lowest BCUT2D eigenvalue weighted by atomic mass is 10.1. The maximum Gasteiger partial charge on any atom is 0.522 e. The minimum atomic E-state index is -5.39. The summed E-state index contributed by atoms with van der Waals surface area (Å²) in [5, 5.41) is 36.7. The summed E-state index contributed by atoms with van der Waals surface area (Å²) in [5.74, 6) is -2.09. The molecule has 0 bridgehead atoms. The zero-order chi connectivity index (χ0) is 53.4. The Bertz CT molecular complexity index is 3090. The van der Waals surface area contributed by atoms with Gasteiger partial charge in [0.2, 0.25) is 8.32 Å². The van der Waals surface area contributed by atoms with Crippen molar-refractivity contribution in [2.75, 3.05) is 14.2 Å². The molecule has 0 aromatic carbocycles. The van der Waals surface area contributed by atoms with Crippen molar-refractivity contribution >= 4 is 85.8 Å². The number of ether oxygens (including phenoxy) is 2. The molecule has 372 valence electrons. The number of nitrogens with one attached hydrogen (secondary N) is 3. The Morgan fingerprint density at radius 1 is 0.729 bits per heavy atom. The van der Waals surface area contributed by atoms with Crippen molar-refractivity contribution in [3.63, 3.8) is 0 Å². The first-order chi connectivity index (χ1) is 32.4. The number of hydrogen-bond donors (Lipinski definition) is 4. The van der Waals surface area contributed by atoms with Crippen LogP contribution in [0.25, 0.3) is 37.9 Å². The van der Waals surface area contributed by atoms with Gasteiger partial charge in [0.1, 0.15) is 39.6 Å². The third kappa shape index (κ3) is 17.1. The summed E-state index contributed by atoms with van der Waals surface area (Å²) in [6, 6.07) is 14.6. The van der Waals surface area contributed by atoms with E-state index in [1.54, 1.807) is 42.9 Å². The molecule has 6 aromatic heterocycles. The number of hydrogen-bond acceptors (Lipinski definition) is 15. The predicted octanol–water partition coefficient (Wildman–Crippen LogP) is 8.94. The summed E-state index contributed by atoms with van der Waals surface area (Å²) in [5.41, 5.74) is 0.774. The molecule has 0 saturated carbocycles. The fourth-order valence-electron chi connectivity index (χ4n) is 5.56. The molecular formula is C43H51F3N10O10SSi3. The van der Waals surface area contributed by atoms with Gasteiger partial charge in [0.25, 0.3) is 0 Å². The second kappa shape index (κ2) is 24.9. The summed E-state index contributed by atoms with van der Waals surface area (Å²) in [6.07, 6.45) is 4.18. The van der Waals surface area contributed by atoms with Crippen molar-refractivity contribution in [2.45, 2.75) is 83.5 Å². The van der Waals surface area contributed by atoms with Gasteiger partial charge in [-0.3, -0.25) is 4.85 Å². The Hall–Kier alpha value is -7.25. The molecular weight excluding hydrogens is 990 g/mol. The Labute approximate surface area is 404 Å².